The number of hydrogen-bond donors (Lipinski definition) is 1. The van der Waals surface area contributed by atoms with E-state index in [-0.39, 0.29) is 5.54 Å². The first kappa shape index (κ1) is 13.9. The van der Waals surface area contributed by atoms with Gasteiger partial charge in [-0.3, -0.25) is 4.90 Å². The lowest BCUT2D eigenvalue weighted by molar-refractivity contribution is 0.0743. The molecule has 0 aliphatic heterocycles. The van der Waals surface area contributed by atoms with Crippen LogP contribution in [0.1, 0.15) is 48.5 Å². The van der Waals surface area contributed by atoms with Gasteiger partial charge in [0, 0.05) is 17.6 Å². The van der Waals surface area contributed by atoms with Gasteiger partial charge in [0.2, 0.25) is 0 Å². The van der Waals surface area contributed by atoms with E-state index in [4.69, 9.17) is 5.73 Å². The van der Waals surface area contributed by atoms with Crippen molar-refractivity contribution in [3.63, 3.8) is 0 Å². The minimum absolute atomic E-state index is 0.131. The van der Waals surface area contributed by atoms with Gasteiger partial charge in [0.1, 0.15) is 0 Å². The Bertz CT molecular complexity index is 156. The van der Waals surface area contributed by atoms with Crippen molar-refractivity contribution in [2.75, 3.05) is 6.54 Å². The summed E-state index contributed by atoms with van der Waals surface area (Å²) in [6, 6.07) is 1.02. The van der Waals surface area contributed by atoms with Crippen molar-refractivity contribution in [1.82, 2.24) is 4.90 Å². The molecule has 0 fully saturated rings. The molecule has 0 saturated carbocycles. The highest BCUT2D eigenvalue weighted by atomic mass is 15.2. The van der Waals surface area contributed by atoms with Gasteiger partial charge in [-0.2, -0.15) is 0 Å². The van der Waals surface area contributed by atoms with Gasteiger partial charge in [-0.15, -0.1) is 0 Å². The normalized spacial score (nSPS) is 15.6. The summed E-state index contributed by atoms with van der Waals surface area (Å²) >= 11 is 0. The van der Waals surface area contributed by atoms with Crippen molar-refractivity contribution in [2.45, 2.75) is 66.1 Å². The summed E-state index contributed by atoms with van der Waals surface area (Å²) in [5, 5.41) is 0. The molecule has 2 heteroatoms. The van der Waals surface area contributed by atoms with Crippen LogP contribution < -0.4 is 5.73 Å². The zero-order valence-electron chi connectivity index (χ0n) is 11.0. The summed E-state index contributed by atoms with van der Waals surface area (Å²) in [6.45, 7) is 16.5. The highest BCUT2D eigenvalue weighted by molar-refractivity contribution is 4.92. The van der Waals surface area contributed by atoms with Crippen LogP contribution in [0.5, 0.6) is 0 Å². The zero-order chi connectivity index (χ0) is 11.5. The Hall–Kier alpha value is -0.0800. The minimum atomic E-state index is -0.131. The van der Waals surface area contributed by atoms with E-state index in [1.807, 2.05) is 0 Å². The van der Waals surface area contributed by atoms with Crippen molar-refractivity contribution in [2.24, 2.45) is 11.7 Å². The van der Waals surface area contributed by atoms with E-state index in [1.165, 1.54) is 0 Å². The second-order valence-electron chi connectivity index (χ2n) is 5.43. The molecule has 1 atom stereocenters. The Morgan fingerprint density at radius 1 is 1.14 bits per heavy atom. The largest absolute Gasteiger partial charge is 0.324 e. The Kier molecular flexibility index (Phi) is 5.10. The first-order valence-corrected chi connectivity index (χ1v) is 5.76. The standard InChI is InChI=1S/C12H28N2/c1-8-14(10(4)5)11(9(2)3)12(6,7)13/h9-11H,8,13H2,1-7H3. The second-order valence-corrected chi connectivity index (χ2v) is 5.43. The van der Waals surface area contributed by atoms with E-state index in [2.05, 4.69) is 53.4 Å². The third kappa shape index (κ3) is 3.58. The maximum atomic E-state index is 6.25. The van der Waals surface area contributed by atoms with Crippen LogP contribution in [-0.2, 0) is 0 Å². The molecule has 1 unspecified atom stereocenters. The number of likely N-dealkylation sites (N-methyl/N-ethyl adjacent to an activating group) is 1. The Balaban J connectivity index is 4.80. The van der Waals surface area contributed by atoms with Gasteiger partial charge in [0.25, 0.3) is 0 Å². The van der Waals surface area contributed by atoms with Gasteiger partial charge in [-0.1, -0.05) is 20.8 Å². The van der Waals surface area contributed by atoms with Crippen molar-refractivity contribution >= 4 is 0 Å². The van der Waals surface area contributed by atoms with Crippen LogP contribution in [0.4, 0.5) is 0 Å². The fraction of sp³-hybridized carbons (Fsp3) is 1.00. The molecule has 0 rings (SSSR count). The van der Waals surface area contributed by atoms with Crippen LogP contribution in [0.15, 0.2) is 0 Å². The second kappa shape index (κ2) is 5.13. The monoisotopic (exact) mass is 200 g/mol. The van der Waals surface area contributed by atoms with Gasteiger partial charge in [0.15, 0.2) is 0 Å². The topological polar surface area (TPSA) is 29.3 Å². The van der Waals surface area contributed by atoms with E-state index in [1.54, 1.807) is 0 Å². The smallest absolute Gasteiger partial charge is 0.0295 e. The molecule has 14 heavy (non-hydrogen) atoms. The number of hydrogen-bond acceptors (Lipinski definition) is 2. The third-order valence-corrected chi connectivity index (χ3v) is 2.78. The summed E-state index contributed by atoms with van der Waals surface area (Å²) in [4.78, 5) is 2.49. The molecular weight excluding hydrogens is 172 g/mol. The number of rotatable bonds is 5. The van der Waals surface area contributed by atoms with Gasteiger partial charge >= 0.3 is 0 Å². The molecule has 86 valence electrons. The van der Waals surface area contributed by atoms with Crippen LogP contribution in [0, 0.1) is 5.92 Å². The molecule has 0 amide bonds. The molecule has 0 aromatic carbocycles. The van der Waals surface area contributed by atoms with Gasteiger partial charge in [-0.25, -0.2) is 0 Å². The molecular formula is C12H28N2. The van der Waals surface area contributed by atoms with E-state index in [9.17, 15) is 0 Å². The first-order chi connectivity index (χ1) is 6.21. The summed E-state index contributed by atoms with van der Waals surface area (Å²) in [6.07, 6.45) is 0. The average molecular weight is 200 g/mol. The van der Waals surface area contributed by atoms with E-state index in [0.717, 1.165) is 6.54 Å². The van der Waals surface area contributed by atoms with E-state index in [0.29, 0.717) is 18.0 Å². The van der Waals surface area contributed by atoms with E-state index < -0.39 is 0 Å². The van der Waals surface area contributed by atoms with Crippen LogP contribution in [0.2, 0.25) is 0 Å². The molecule has 2 N–H and O–H groups in total. The molecule has 0 aliphatic rings. The zero-order valence-corrected chi connectivity index (χ0v) is 11.0. The third-order valence-electron chi connectivity index (χ3n) is 2.78. The van der Waals surface area contributed by atoms with Crippen molar-refractivity contribution in [3.8, 4) is 0 Å². The van der Waals surface area contributed by atoms with Gasteiger partial charge in [0.05, 0.1) is 0 Å². The van der Waals surface area contributed by atoms with Crippen LogP contribution in [0.25, 0.3) is 0 Å². The molecule has 0 heterocycles. The van der Waals surface area contributed by atoms with Crippen molar-refractivity contribution in [3.05, 3.63) is 0 Å². The SMILES string of the molecule is CCN(C(C)C)C(C(C)C)C(C)(C)N. The molecule has 0 aromatic rings. The highest BCUT2D eigenvalue weighted by Gasteiger charge is 2.33. The quantitative estimate of drug-likeness (QED) is 0.739. The molecule has 2 nitrogen and oxygen atoms in total. The van der Waals surface area contributed by atoms with Gasteiger partial charge < -0.3 is 5.73 Å². The molecule has 0 bridgehead atoms. The maximum absolute atomic E-state index is 6.25. The average Bonchev–Trinajstić information content (AvgIpc) is 1.95. The molecule has 0 aliphatic carbocycles. The number of nitrogens with zero attached hydrogens (tertiary/aromatic N) is 1. The Morgan fingerprint density at radius 2 is 1.57 bits per heavy atom. The highest BCUT2D eigenvalue weighted by Crippen LogP contribution is 2.22. The summed E-state index contributed by atoms with van der Waals surface area (Å²) in [7, 11) is 0. The molecule has 0 spiro atoms. The fourth-order valence-corrected chi connectivity index (χ4v) is 2.55. The summed E-state index contributed by atoms with van der Waals surface area (Å²) < 4.78 is 0. The van der Waals surface area contributed by atoms with E-state index >= 15 is 0 Å². The first-order valence-electron chi connectivity index (χ1n) is 5.76. The van der Waals surface area contributed by atoms with Crippen LogP contribution >= 0.6 is 0 Å². The predicted molar refractivity (Wildman–Crippen MR) is 64.4 cm³/mol. The lowest BCUT2D eigenvalue weighted by Crippen LogP contribution is -2.59. The maximum Gasteiger partial charge on any atom is 0.0295 e. The lowest BCUT2D eigenvalue weighted by Gasteiger charge is -2.44. The molecule has 0 aromatic heterocycles. The van der Waals surface area contributed by atoms with Crippen molar-refractivity contribution < 1.29 is 0 Å². The van der Waals surface area contributed by atoms with Crippen LogP contribution in [-0.4, -0.2) is 29.1 Å². The van der Waals surface area contributed by atoms with Crippen molar-refractivity contribution in [1.29, 1.82) is 0 Å². The fourth-order valence-electron chi connectivity index (χ4n) is 2.55. The van der Waals surface area contributed by atoms with Crippen LogP contribution in [0.3, 0.4) is 0 Å². The van der Waals surface area contributed by atoms with Gasteiger partial charge in [-0.05, 0) is 40.2 Å². The molecule has 0 radical (unpaired) electrons. The Morgan fingerprint density at radius 3 is 1.64 bits per heavy atom. The number of nitrogens with two attached hydrogens (primary N) is 1. The Labute approximate surface area is 89.9 Å². The molecule has 0 saturated heterocycles. The minimum Gasteiger partial charge on any atom is -0.324 e. The predicted octanol–water partition coefficient (Wildman–Crippen LogP) is 2.48. The summed E-state index contributed by atoms with van der Waals surface area (Å²) in [5.74, 6) is 0.595. The summed E-state index contributed by atoms with van der Waals surface area (Å²) in [5.41, 5.74) is 6.12. The lowest BCUT2D eigenvalue weighted by atomic mass is 9.85.